The van der Waals surface area contributed by atoms with Crippen molar-refractivity contribution in [2.24, 2.45) is 0 Å². The van der Waals surface area contributed by atoms with Gasteiger partial charge in [0.1, 0.15) is 5.75 Å². The molecule has 0 heterocycles. The molecule has 0 fully saturated rings. The van der Waals surface area contributed by atoms with Gasteiger partial charge >= 0.3 is 5.97 Å². The Morgan fingerprint density at radius 3 is 2.52 bits per heavy atom. The predicted molar refractivity (Wildman–Crippen MR) is 107 cm³/mol. The van der Waals surface area contributed by atoms with Crippen LogP contribution < -0.4 is 14.8 Å². The molecule has 0 unspecified atom stereocenters. The molecule has 0 saturated carbocycles. The molecular formula is C20H22N2O6S. The molecule has 2 N–H and O–H groups in total. The minimum Gasteiger partial charge on any atom is -0.497 e. The van der Waals surface area contributed by atoms with Crippen molar-refractivity contribution in [2.75, 3.05) is 20.3 Å². The molecule has 8 nitrogen and oxygen atoms in total. The molecule has 2 rings (SSSR count). The third-order valence-corrected chi connectivity index (χ3v) is 5.20. The number of carbonyl (C=O) groups is 2. The van der Waals surface area contributed by atoms with Crippen LogP contribution in [0.5, 0.6) is 5.75 Å². The van der Waals surface area contributed by atoms with Gasteiger partial charge in [0.05, 0.1) is 17.6 Å². The summed E-state index contributed by atoms with van der Waals surface area (Å²) in [6, 6.07) is 12.5. The smallest absolute Gasteiger partial charge is 0.338 e. The van der Waals surface area contributed by atoms with E-state index in [9.17, 15) is 18.0 Å². The van der Waals surface area contributed by atoms with Crippen LogP contribution in [0.25, 0.3) is 0 Å². The number of methoxy groups -OCH3 is 1. The molecule has 2 aromatic carbocycles. The molecule has 2 aromatic rings. The Bertz CT molecular complexity index is 971. The van der Waals surface area contributed by atoms with Gasteiger partial charge in [-0.3, -0.25) is 4.79 Å². The lowest BCUT2D eigenvalue weighted by Crippen LogP contribution is -2.28. The first-order valence-electron chi connectivity index (χ1n) is 8.63. The largest absolute Gasteiger partial charge is 0.497 e. The highest BCUT2D eigenvalue weighted by Gasteiger charge is 2.16. The SMILES string of the molecule is C=CCNS(=O)(=O)c1cccc(C(=O)OCC(=O)NCc2ccc(OC)cc2)c1. The molecule has 0 aromatic heterocycles. The van der Waals surface area contributed by atoms with Crippen LogP contribution in [-0.2, 0) is 26.1 Å². The van der Waals surface area contributed by atoms with E-state index in [-0.39, 0.29) is 23.5 Å². The summed E-state index contributed by atoms with van der Waals surface area (Å²) < 4.78 is 36.6. The molecular weight excluding hydrogens is 396 g/mol. The van der Waals surface area contributed by atoms with Crippen LogP contribution in [0.15, 0.2) is 66.1 Å². The zero-order valence-electron chi connectivity index (χ0n) is 15.9. The lowest BCUT2D eigenvalue weighted by Gasteiger charge is -2.09. The average molecular weight is 418 g/mol. The van der Waals surface area contributed by atoms with E-state index in [0.717, 1.165) is 5.56 Å². The maximum Gasteiger partial charge on any atom is 0.338 e. The summed E-state index contributed by atoms with van der Waals surface area (Å²) in [5.41, 5.74) is 0.879. The van der Waals surface area contributed by atoms with E-state index in [1.54, 1.807) is 31.4 Å². The highest BCUT2D eigenvalue weighted by Crippen LogP contribution is 2.13. The van der Waals surface area contributed by atoms with Gasteiger partial charge in [-0.1, -0.05) is 24.3 Å². The summed E-state index contributed by atoms with van der Waals surface area (Å²) in [4.78, 5) is 23.9. The van der Waals surface area contributed by atoms with E-state index >= 15 is 0 Å². The van der Waals surface area contributed by atoms with Crippen molar-refractivity contribution in [3.8, 4) is 5.75 Å². The predicted octanol–water partition coefficient (Wildman–Crippen LogP) is 1.63. The highest BCUT2D eigenvalue weighted by molar-refractivity contribution is 7.89. The Balaban J connectivity index is 1.88. The average Bonchev–Trinajstić information content (AvgIpc) is 2.75. The zero-order valence-corrected chi connectivity index (χ0v) is 16.7. The molecule has 0 aliphatic heterocycles. The molecule has 0 radical (unpaired) electrons. The van der Waals surface area contributed by atoms with Gasteiger partial charge in [-0.15, -0.1) is 6.58 Å². The molecule has 0 saturated heterocycles. The van der Waals surface area contributed by atoms with Crippen molar-refractivity contribution in [1.82, 2.24) is 10.0 Å². The Kier molecular flexibility index (Phi) is 7.93. The molecule has 154 valence electrons. The first-order valence-corrected chi connectivity index (χ1v) is 10.1. The summed E-state index contributed by atoms with van der Waals surface area (Å²) in [6.07, 6.45) is 1.40. The van der Waals surface area contributed by atoms with Crippen LogP contribution in [-0.4, -0.2) is 40.6 Å². The quantitative estimate of drug-likeness (QED) is 0.448. The molecule has 0 bridgehead atoms. The van der Waals surface area contributed by atoms with E-state index in [4.69, 9.17) is 9.47 Å². The second-order valence-electron chi connectivity index (χ2n) is 5.87. The fourth-order valence-corrected chi connectivity index (χ4v) is 3.30. The van der Waals surface area contributed by atoms with Crippen LogP contribution in [0.3, 0.4) is 0 Å². The zero-order chi connectivity index (χ0) is 21.3. The topological polar surface area (TPSA) is 111 Å². The van der Waals surface area contributed by atoms with Crippen molar-refractivity contribution in [2.45, 2.75) is 11.4 Å². The molecule has 0 aliphatic rings. The molecule has 9 heteroatoms. The number of nitrogens with one attached hydrogen (secondary N) is 2. The van der Waals surface area contributed by atoms with Crippen LogP contribution in [0.4, 0.5) is 0 Å². The second kappa shape index (κ2) is 10.4. The molecule has 29 heavy (non-hydrogen) atoms. The van der Waals surface area contributed by atoms with E-state index in [0.29, 0.717) is 5.75 Å². The third kappa shape index (κ3) is 6.74. The van der Waals surface area contributed by atoms with Crippen LogP contribution >= 0.6 is 0 Å². The van der Waals surface area contributed by atoms with Crippen LogP contribution in [0.1, 0.15) is 15.9 Å². The summed E-state index contributed by atoms with van der Waals surface area (Å²) in [5, 5.41) is 2.63. The van der Waals surface area contributed by atoms with Crippen LogP contribution in [0, 0.1) is 0 Å². The summed E-state index contributed by atoms with van der Waals surface area (Å²) in [7, 11) is -2.21. The minimum atomic E-state index is -3.77. The van der Waals surface area contributed by atoms with Crippen molar-refractivity contribution in [1.29, 1.82) is 0 Å². The van der Waals surface area contributed by atoms with Gasteiger partial charge in [0.2, 0.25) is 10.0 Å². The van der Waals surface area contributed by atoms with Crippen molar-refractivity contribution < 1.29 is 27.5 Å². The fourth-order valence-electron chi connectivity index (χ4n) is 2.25. The second-order valence-corrected chi connectivity index (χ2v) is 7.64. The van der Waals surface area contributed by atoms with Gasteiger partial charge in [0, 0.05) is 13.1 Å². The Morgan fingerprint density at radius 2 is 1.86 bits per heavy atom. The number of amides is 1. The van der Waals surface area contributed by atoms with Gasteiger partial charge in [0.25, 0.3) is 5.91 Å². The summed E-state index contributed by atoms with van der Waals surface area (Å²) >= 11 is 0. The van der Waals surface area contributed by atoms with E-state index in [1.165, 1.54) is 30.3 Å². The standard InChI is InChI=1S/C20H22N2O6S/c1-3-11-22-29(25,26)18-6-4-5-16(12-18)20(24)28-14-19(23)21-13-15-7-9-17(27-2)10-8-15/h3-10,12,22H,1,11,13-14H2,2H3,(H,21,23). The van der Waals surface area contributed by atoms with Gasteiger partial charge < -0.3 is 14.8 Å². The van der Waals surface area contributed by atoms with Gasteiger partial charge in [0.15, 0.2) is 6.61 Å². The monoisotopic (exact) mass is 418 g/mol. The first kappa shape index (κ1) is 22.1. The van der Waals surface area contributed by atoms with Crippen molar-refractivity contribution in [3.63, 3.8) is 0 Å². The lowest BCUT2D eigenvalue weighted by molar-refractivity contribution is -0.124. The number of hydrogen-bond acceptors (Lipinski definition) is 6. The maximum atomic E-state index is 12.1. The van der Waals surface area contributed by atoms with Crippen molar-refractivity contribution in [3.05, 3.63) is 72.3 Å². The van der Waals surface area contributed by atoms with E-state index in [2.05, 4.69) is 16.6 Å². The highest BCUT2D eigenvalue weighted by atomic mass is 32.2. The fraction of sp³-hybridized carbons (Fsp3) is 0.200. The number of hydrogen-bond donors (Lipinski definition) is 2. The van der Waals surface area contributed by atoms with Gasteiger partial charge in [-0.05, 0) is 35.9 Å². The normalized spacial score (nSPS) is 10.8. The van der Waals surface area contributed by atoms with E-state index in [1.807, 2.05) is 0 Å². The maximum absolute atomic E-state index is 12.1. The Labute approximate surface area is 169 Å². The molecule has 0 spiro atoms. The summed E-state index contributed by atoms with van der Waals surface area (Å²) in [5.74, 6) is -0.575. The number of sulfonamides is 1. The van der Waals surface area contributed by atoms with E-state index < -0.39 is 28.5 Å². The molecule has 0 atom stereocenters. The number of ether oxygens (including phenoxy) is 2. The number of rotatable bonds is 10. The Hall–Kier alpha value is -3.17. The van der Waals surface area contributed by atoms with Gasteiger partial charge in [-0.25, -0.2) is 17.9 Å². The number of esters is 1. The number of carbonyl (C=O) groups excluding carboxylic acids is 2. The first-order chi connectivity index (χ1) is 13.9. The third-order valence-electron chi connectivity index (χ3n) is 3.78. The lowest BCUT2D eigenvalue weighted by atomic mass is 10.2. The summed E-state index contributed by atoms with van der Waals surface area (Å²) in [6.45, 7) is 3.28. The van der Waals surface area contributed by atoms with Crippen LogP contribution in [0.2, 0.25) is 0 Å². The molecule has 0 aliphatic carbocycles. The van der Waals surface area contributed by atoms with Crippen molar-refractivity contribution >= 4 is 21.9 Å². The van der Waals surface area contributed by atoms with Gasteiger partial charge in [-0.2, -0.15) is 0 Å². The Morgan fingerprint density at radius 1 is 1.14 bits per heavy atom. The molecule has 1 amide bonds. The number of benzene rings is 2. The minimum absolute atomic E-state index is 0.0226.